The van der Waals surface area contributed by atoms with Crippen molar-refractivity contribution in [2.75, 3.05) is 13.2 Å². The van der Waals surface area contributed by atoms with Crippen LogP contribution < -0.4 is 10.5 Å². The standard InChI is InChI=1S/C16H21NO3/c1-3-19-13-7-5-12(6-8-13)14(10-17)16(18)15-9-4-11(2)20-15/h4-9,14,16,18H,3,10,17H2,1-2H3. The summed E-state index contributed by atoms with van der Waals surface area (Å²) in [5, 5.41) is 10.4. The number of benzene rings is 1. The molecule has 0 saturated carbocycles. The zero-order chi connectivity index (χ0) is 14.5. The van der Waals surface area contributed by atoms with Crippen molar-refractivity contribution in [1.82, 2.24) is 0 Å². The third kappa shape index (κ3) is 3.21. The van der Waals surface area contributed by atoms with Crippen LogP contribution >= 0.6 is 0 Å². The van der Waals surface area contributed by atoms with Gasteiger partial charge in [-0.2, -0.15) is 0 Å². The summed E-state index contributed by atoms with van der Waals surface area (Å²) in [5.74, 6) is 1.94. The summed E-state index contributed by atoms with van der Waals surface area (Å²) in [6, 6.07) is 11.3. The fourth-order valence-corrected chi connectivity index (χ4v) is 2.24. The smallest absolute Gasteiger partial charge is 0.133 e. The number of rotatable bonds is 6. The van der Waals surface area contributed by atoms with Crippen molar-refractivity contribution in [2.24, 2.45) is 5.73 Å². The van der Waals surface area contributed by atoms with Gasteiger partial charge in [0.1, 0.15) is 23.4 Å². The van der Waals surface area contributed by atoms with Crippen LogP contribution in [0.4, 0.5) is 0 Å². The van der Waals surface area contributed by atoms with Crippen LogP contribution in [0.3, 0.4) is 0 Å². The van der Waals surface area contributed by atoms with Gasteiger partial charge < -0.3 is 20.0 Å². The first kappa shape index (κ1) is 14.6. The minimum atomic E-state index is -0.744. The Bertz CT molecular complexity index is 533. The molecule has 2 unspecified atom stereocenters. The van der Waals surface area contributed by atoms with Crippen LogP contribution in [0.25, 0.3) is 0 Å². The molecule has 2 aromatic rings. The summed E-state index contributed by atoms with van der Waals surface area (Å²) in [6.07, 6.45) is -0.744. The molecular weight excluding hydrogens is 254 g/mol. The van der Waals surface area contributed by atoms with Crippen molar-refractivity contribution in [2.45, 2.75) is 25.9 Å². The minimum Gasteiger partial charge on any atom is -0.494 e. The molecule has 3 N–H and O–H groups in total. The Balaban J connectivity index is 2.18. The molecule has 0 aliphatic rings. The van der Waals surface area contributed by atoms with Crippen LogP contribution in [0.15, 0.2) is 40.8 Å². The van der Waals surface area contributed by atoms with Crippen LogP contribution in [0.2, 0.25) is 0 Å². The Labute approximate surface area is 119 Å². The Morgan fingerprint density at radius 1 is 1.20 bits per heavy atom. The third-order valence-electron chi connectivity index (χ3n) is 3.31. The van der Waals surface area contributed by atoms with Crippen molar-refractivity contribution in [3.8, 4) is 5.75 Å². The van der Waals surface area contributed by atoms with Crippen molar-refractivity contribution in [3.05, 3.63) is 53.5 Å². The molecule has 0 amide bonds. The van der Waals surface area contributed by atoms with Gasteiger partial charge in [-0.3, -0.25) is 0 Å². The van der Waals surface area contributed by atoms with E-state index in [4.69, 9.17) is 14.9 Å². The number of ether oxygens (including phenoxy) is 1. The summed E-state index contributed by atoms with van der Waals surface area (Å²) in [4.78, 5) is 0. The molecule has 0 aliphatic heterocycles. The molecule has 0 radical (unpaired) electrons. The second-order valence-corrected chi connectivity index (χ2v) is 4.74. The van der Waals surface area contributed by atoms with Crippen molar-refractivity contribution in [3.63, 3.8) is 0 Å². The highest BCUT2D eigenvalue weighted by molar-refractivity contribution is 5.31. The molecule has 0 aliphatic carbocycles. The second kappa shape index (κ2) is 6.59. The van der Waals surface area contributed by atoms with Crippen LogP contribution in [0.1, 0.15) is 36.0 Å². The predicted octanol–water partition coefficient (Wildman–Crippen LogP) is 2.76. The van der Waals surface area contributed by atoms with Gasteiger partial charge in [0.15, 0.2) is 0 Å². The molecule has 2 rings (SSSR count). The number of aliphatic hydroxyl groups is 1. The van der Waals surface area contributed by atoms with Crippen molar-refractivity contribution in [1.29, 1.82) is 0 Å². The highest BCUT2D eigenvalue weighted by Gasteiger charge is 2.24. The van der Waals surface area contributed by atoms with Crippen LogP contribution in [0, 0.1) is 6.92 Å². The van der Waals surface area contributed by atoms with E-state index in [-0.39, 0.29) is 5.92 Å². The van der Waals surface area contributed by atoms with Crippen molar-refractivity contribution < 1.29 is 14.3 Å². The van der Waals surface area contributed by atoms with E-state index < -0.39 is 6.10 Å². The van der Waals surface area contributed by atoms with Crippen molar-refractivity contribution >= 4 is 0 Å². The summed E-state index contributed by atoms with van der Waals surface area (Å²) in [7, 11) is 0. The first-order valence-electron chi connectivity index (χ1n) is 6.83. The van der Waals surface area contributed by atoms with E-state index in [0.29, 0.717) is 18.9 Å². The van der Waals surface area contributed by atoms with E-state index in [1.54, 1.807) is 6.07 Å². The van der Waals surface area contributed by atoms with Gasteiger partial charge in [-0.25, -0.2) is 0 Å². The molecule has 108 valence electrons. The van der Waals surface area contributed by atoms with E-state index in [0.717, 1.165) is 17.1 Å². The molecule has 4 nitrogen and oxygen atoms in total. The lowest BCUT2D eigenvalue weighted by molar-refractivity contribution is 0.120. The molecule has 2 atom stereocenters. The Morgan fingerprint density at radius 3 is 2.40 bits per heavy atom. The fourth-order valence-electron chi connectivity index (χ4n) is 2.24. The maximum absolute atomic E-state index is 10.4. The van der Waals surface area contributed by atoms with E-state index in [1.165, 1.54) is 0 Å². The zero-order valence-corrected chi connectivity index (χ0v) is 11.9. The summed E-state index contributed by atoms with van der Waals surface area (Å²) in [6.45, 7) is 4.77. The number of nitrogens with two attached hydrogens (primary N) is 1. The highest BCUT2D eigenvalue weighted by atomic mass is 16.5. The van der Waals surface area contributed by atoms with Gasteiger partial charge in [-0.15, -0.1) is 0 Å². The van der Waals surface area contributed by atoms with Crippen LogP contribution in [-0.4, -0.2) is 18.3 Å². The predicted molar refractivity (Wildman–Crippen MR) is 77.8 cm³/mol. The first-order chi connectivity index (χ1) is 9.65. The molecule has 4 heteroatoms. The maximum Gasteiger partial charge on any atom is 0.133 e. The summed E-state index contributed by atoms with van der Waals surface area (Å²) >= 11 is 0. The number of hydrogen-bond donors (Lipinski definition) is 2. The summed E-state index contributed by atoms with van der Waals surface area (Å²) < 4.78 is 10.9. The van der Waals surface area contributed by atoms with Gasteiger partial charge in [0, 0.05) is 12.5 Å². The van der Waals surface area contributed by atoms with Gasteiger partial charge in [0.05, 0.1) is 6.61 Å². The van der Waals surface area contributed by atoms with Gasteiger partial charge in [0.25, 0.3) is 0 Å². The molecule has 1 aromatic heterocycles. The largest absolute Gasteiger partial charge is 0.494 e. The quantitative estimate of drug-likeness (QED) is 0.850. The third-order valence-corrected chi connectivity index (χ3v) is 3.31. The molecule has 0 bridgehead atoms. The lowest BCUT2D eigenvalue weighted by Gasteiger charge is -2.20. The lowest BCUT2D eigenvalue weighted by Crippen LogP contribution is -2.19. The SMILES string of the molecule is CCOc1ccc(C(CN)C(O)c2ccc(C)o2)cc1. The number of furan rings is 1. The van der Waals surface area contributed by atoms with Gasteiger partial charge in [-0.1, -0.05) is 12.1 Å². The molecule has 20 heavy (non-hydrogen) atoms. The molecular formula is C16H21NO3. The Morgan fingerprint density at radius 2 is 1.90 bits per heavy atom. The molecule has 1 aromatic carbocycles. The highest BCUT2D eigenvalue weighted by Crippen LogP contribution is 2.31. The lowest BCUT2D eigenvalue weighted by atomic mass is 9.92. The van der Waals surface area contributed by atoms with E-state index >= 15 is 0 Å². The normalized spacial score (nSPS) is 14.0. The Kier molecular flexibility index (Phi) is 4.82. The average molecular weight is 275 g/mol. The summed E-state index contributed by atoms with van der Waals surface area (Å²) in [5.41, 5.74) is 6.78. The van der Waals surface area contributed by atoms with Gasteiger partial charge >= 0.3 is 0 Å². The maximum atomic E-state index is 10.4. The zero-order valence-electron chi connectivity index (χ0n) is 11.9. The number of aryl methyl sites for hydroxylation is 1. The second-order valence-electron chi connectivity index (χ2n) is 4.74. The Hall–Kier alpha value is -1.78. The topological polar surface area (TPSA) is 68.6 Å². The van der Waals surface area contributed by atoms with E-state index in [1.807, 2.05) is 44.2 Å². The monoisotopic (exact) mass is 275 g/mol. The van der Waals surface area contributed by atoms with Crippen LogP contribution in [-0.2, 0) is 0 Å². The van der Waals surface area contributed by atoms with E-state index in [2.05, 4.69) is 0 Å². The fraction of sp³-hybridized carbons (Fsp3) is 0.375. The van der Waals surface area contributed by atoms with Gasteiger partial charge in [-0.05, 0) is 43.7 Å². The number of hydrogen-bond acceptors (Lipinski definition) is 4. The molecule has 0 fully saturated rings. The minimum absolute atomic E-state index is 0.198. The van der Waals surface area contributed by atoms with E-state index in [9.17, 15) is 5.11 Å². The average Bonchev–Trinajstić information content (AvgIpc) is 2.88. The van der Waals surface area contributed by atoms with Crippen LogP contribution in [0.5, 0.6) is 5.75 Å². The first-order valence-corrected chi connectivity index (χ1v) is 6.83. The molecule has 0 saturated heterocycles. The van der Waals surface area contributed by atoms with Gasteiger partial charge in [0.2, 0.25) is 0 Å². The molecule has 0 spiro atoms. The number of aliphatic hydroxyl groups excluding tert-OH is 1. The molecule has 1 heterocycles.